The van der Waals surface area contributed by atoms with E-state index in [2.05, 4.69) is 27.9 Å². The highest BCUT2D eigenvalue weighted by molar-refractivity contribution is 7.16. The van der Waals surface area contributed by atoms with E-state index >= 15 is 0 Å². The SMILES string of the molecule is CN1C(=O)C[C@@H](c2ccc(-c3ccsc3)s2)N=C1N. The van der Waals surface area contributed by atoms with Gasteiger partial charge in [0.25, 0.3) is 0 Å². The molecule has 1 aliphatic heterocycles. The summed E-state index contributed by atoms with van der Waals surface area (Å²) in [4.78, 5) is 19.9. The Morgan fingerprint density at radius 1 is 1.42 bits per heavy atom. The fraction of sp³-hybridized carbons (Fsp3) is 0.231. The van der Waals surface area contributed by atoms with Gasteiger partial charge in [0, 0.05) is 22.4 Å². The average Bonchev–Trinajstić information content (AvgIpc) is 3.05. The van der Waals surface area contributed by atoms with Gasteiger partial charge in [0.1, 0.15) is 0 Å². The fourth-order valence-electron chi connectivity index (χ4n) is 1.98. The molecule has 4 nitrogen and oxygen atoms in total. The molecule has 2 aromatic heterocycles. The first-order chi connectivity index (χ1) is 9.15. The summed E-state index contributed by atoms with van der Waals surface area (Å²) in [5.74, 6) is 0.315. The summed E-state index contributed by atoms with van der Waals surface area (Å²) in [6.45, 7) is 0. The van der Waals surface area contributed by atoms with Crippen molar-refractivity contribution in [2.24, 2.45) is 10.7 Å². The normalized spacial score (nSPS) is 19.6. The third-order valence-electron chi connectivity index (χ3n) is 3.13. The Morgan fingerprint density at radius 2 is 2.26 bits per heavy atom. The minimum absolute atomic E-state index is 0.0167. The van der Waals surface area contributed by atoms with Gasteiger partial charge in [0.2, 0.25) is 5.91 Å². The Labute approximate surface area is 119 Å². The number of hydrogen-bond acceptors (Lipinski definition) is 5. The molecule has 0 aromatic carbocycles. The summed E-state index contributed by atoms with van der Waals surface area (Å²) in [6, 6.07) is 6.08. The highest BCUT2D eigenvalue weighted by atomic mass is 32.1. The molecule has 98 valence electrons. The number of hydrogen-bond donors (Lipinski definition) is 1. The van der Waals surface area contributed by atoms with E-state index in [4.69, 9.17) is 5.73 Å². The van der Waals surface area contributed by atoms with Gasteiger partial charge in [0.05, 0.1) is 12.5 Å². The van der Waals surface area contributed by atoms with Crippen LogP contribution in [0.2, 0.25) is 0 Å². The van der Waals surface area contributed by atoms with E-state index in [0.29, 0.717) is 12.4 Å². The molecule has 2 aromatic rings. The summed E-state index contributed by atoms with van der Waals surface area (Å²) < 4.78 is 0. The number of nitrogens with zero attached hydrogens (tertiary/aromatic N) is 2. The number of nitrogens with two attached hydrogens (primary N) is 1. The molecular weight excluding hydrogens is 278 g/mol. The molecule has 0 spiro atoms. The van der Waals surface area contributed by atoms with Gasteiger partial charge < -0.3 is 5.73 Å². The zero-order valence-corrected chi connectivity index (χ0v) is 12.0. The van der Waals surface area contributed by atoms with Gasteiger partial charge in [-0.05, 0) is 29.0 Å². The van der Waals surface area contributed by atoms with Gasteiger partial charge in [-0.3, -0.25) is 9.69 Å². The summed E-state index contributed by atoms with van der Waals surface area (Å²) in [5, 5.41) is 4.18. The van der Waals surface area contributed by atoms with E-state index in [-0.39, 0.29) is 11.9 Å². The average molecular weight is 291 g/mol. The number of carbonyl (C=O) groups excluding carboxylic acids is 1. The lowest BCUT2D eigenvalue weighted by Gasteiger charge is -2.24. The van der Waals surface area contributed by atoms with E-state index in [1.807, 2.05) is 6.07 Å². The lowest BCUT2D eigenvalue weighted by atomic mass is 10.1. The predicted molar refractivity (Wildman–Crippen MR) is 79.4 cm³/mol. The van der Waals surface area contributed by atoms with Gasteiger partial charge in [0.15, 0.2) is 5.96 Å². The molecule has 2 N–H and O–H groups in total. The lowest BCUT2D eigenvalue weighted by molar-refractivity contribution is -0.127. The largest absolute Gasteiger partial charge is 0.369 e. The van der Waals surface area contributed by atoms with E-state index in [9.17, 15) is 4.79 Å². The van der Waals surface area contributed by atoms with Crippen molar-refractivity contribution >= 4 is 34.5 Å². The molecule has 1 atom stereocenters. The number of aliphatic imine (C=N–C) groups is 1. The molecule has 0 aliphatic carbocycles. The molecule has 3 heterocycles. The van der Waals surface area contributed by atoms with Gasteiger partial charge in [-0.2, -0.15) is 11.3 Å². The molecule has 0 saturated heterocycles. The van der Waals surface area contributed by atoms with Crippen LogP contribution in [0.4, 0.5) is 0 Å². The Hall–Kier alpha value is -1.66. The second kappa shape index (κ2) is 4.79. The molecule has 0 fully saturated rings. The maximum atomic E-state index is 11.8. The van der Waals surface area contributed by atoms with Crippen LogP contribution in [-0.4, -0.2) is 23.8 Å². The molecule has 3 rings (SSSR count). The van der Waals surface area contributed by atoms with Crippen LogP contribution in [0.5, 0.6) is 0 Å². The number of amides is 1. The van der Waals surface area contributed by atoms with Crippen molar-refractivity contribution in [2.45, 2.75) is 12.5 Å². The first-order valence-electron chi connectivity index (χ1n) is 5.87. The minimum atomic E-state index is -0.138. The third-order valence-corrected chi connectivity index (χ3v) is 5.05. The molecule has 0 bridgehead atoms. The summed E-state index contributed by atoms with van der Waals surface area (Å²) in [6.07, 6.45) is 0.390. The quantitative estimate of drug-likeness (QED) is 0.925. The molecule has 0 unspecified atom stereocenters. The maximum Gasteiger partial charge on any atom is 0.231 e. The van der Waals surface area contributed by atoms with Crippen molar-refractivity contribution in [3.05, 3.63) is 33.8 Å². The lowest BCUT2D eigenvalue weighted by Crippen LogP contribution is -2.42. The zero-order valence-electron chi connectivity index (χ0n) is 10.4. The first-order valence-corrected chi connectivity index (χ1v) is 7.63. The van der Waals surface area contributed by atoms with Crippen molar-refractivity contribution in [3.8, 4) is 10.4 Å². The molecular formula is C13H13N3OS2. The van der Waals surface area contributed by atoms with Crippen LogP contribution in [0.1, 0.15) is 17.3 Å². The summed E-state index contributed by atoms with van der Waals surface area (Å²) in [5.41, 5.74) is 6.98. The Bertz CT molecular complexity index is 630. The fourth-order valence-corrected chi connectivity index (χ4v) is 3.75. The molecule has 1 amide bonds. The van der Waals surface area contributed by atoms with Crippen LogP contribution in [-0.2, 0) is 4.79 Å². The highest BCUT2D eigenvalue weighted by Gasteiger charge is 2.26. The number of thiophene rings is 2. The zero-order chi connectivity index (χ0) is 13.4. The van der Waals surface area contributed by atoms with E-state index in [1.54, 1.807) is 29.7 Å². The van der Waals surface area contributed by atoms with Gasteiger partial charge in [-0.1, -0.05) is 0 Å². The summed E-state index contributed by atoms with van der Waals surface area (Å²) in [7, 11) is 1.66. The van der Waals surface area contributed by atoms with Crippen molar-refractivity contribution in [2.75, 3.05) is 7.05 Å². The van der Waals surface area contributed by atoms with Gasteiger partial charge in [-0.25, -0.2) is 4.99 Å². The molecule has 0 saturated carbocycles. The standard InChI is InChI=1S/C13H13N3OS2/c1-16-12(17)6-9(15-13(16)14)11-3-2-10(19-11)8-4-5-18-7-8/h2-5,7,9H,6H2,1H3,(H2,14,15)/t9-/m0/s1. The van der Waals surface area contributed by atoms with E-state index in [0.717, 1.165) is 4.88 Å². The summed E-state index contributed by atoms with van der Waals surface area (Å²) >= 11 is 3.35. The molecule has 1 aliphatic rings. The minimum Gasteiger partial charge on any atom is -0.369 e. The first kappa shape index (κ1) is 12.4. The van der Waals surface area contributed by atoms with Crippen molar-refractivity contribution in [1.29, 1.82) is 0 Å². The molecule has 6 heteroatoms. The van der Waals surface area contributed by atoms with Crippen LogP contribution in [0, 0.1) is 0 Å². The van der Waals surface area contributed by atoms with Gasteiger partial charge >= 0.3 is 0 Å². The topological polar surface area (TPSA) is 58.7 Å². The third kappa shape index (κ3) is 2.29. The van der Waals surface area contributed by atoms with Crippen LogP contribution in [0.25, 0.3) is 10.4 Å². The molecule has 19 heavy (non-hydrogen) atoms. The number of rotatable bonds is 2. The van der Waals surface area contributed by atoms with Crippen LogP contribution < -0.4 is 5.73 Å². The highest BCUT2D eigenvalue weighted by Crippen LogP contribution is 2.36. The Balaban J connectivity index is 1.90. The van der Waals surface area contributed by atoms with Crippen LogP contribution in [0.3, 0.4) is 0 Å². The maximum absolute atomic E-state index is 11.8. The second-order valence-corrected chi connectivity index (χ2v) is 6.27. The van der Waals surface area contributed by atoms with Crippen molar-refractivity contribution in [1.82, 2.24) is 4.90 Å². The smallest absolute Gasteiger partial charge is 0.231 e. The predicted octanol–water partition coefficient (Wildman–Crippen LogP) is 2.69. The monoisotopic (exact) mass is 291 g/mol. The van der Waals surface area contributed by atoms with E-state index in [1.165, 1.54) is 15.3 Å². The van der Waals surface area contributed by atoms with Crippen molar-refractivity contribution < 1.29 is 4.79 Å². The second-order valence-electron chi connectivity index (χ2n) is 4.37. The van der Waals surface area contributed by atoms with Crippen LogP contribution >= 0.6 is 22.7 Å². The number of guanidine groups is 1. The Morgan fingerprint density at radius 3 is 2.95 bits per heavy atom. The Kier molecular flexibility index (Phi) is 3.12. The van der Waals surface area contributed by atoms with Crippen molar-refractivity contribution in [3.63, 3.8) is 0 Å². The van der Waals surface area contributed by atoms with Crippen LogP contribution in [0.15, 0.2) is 34.0 Å². The number of carbonyl (C=O) groups is 1. The molecule has 0 radical (unpaired) electrons. The van der Waals surface area contributed by atoms with Gasteiger partial charge in [-0.15, -0.1) is 11.3 Å². The van der Waals surface area contributed by atoms with E-state index < -0.39 is 0 Å².